The van der Waals surface area contributed by atoms with Gasteiger partial charge in [-0.15, -0.1) is 11.3 Å². The molecule has 7 nitrogen and oxygen atoms in total. The van der Waals surface area contributed by atoms with Crippen molar-refractivity contribution >= 4 is 33.3 Å². The Balaban J connectivity index is 1.70. The summed E-state index contributed by atoms with van der Waals surface area (Å²) in [5.41, 5.74) is 2.73. The van der Waals surface area contributed by atoms with E-state index in [0.29, 0.717) is 12.0 Å². The number of aryl methyl sites for hydroxylation is 1. The van der Waals surface area contributed by atoms with E-state index in [0.717, 1.165) is 45.1 Å². The molecule has 1 aliphatic rings. The van der Waals surface area contributed by atoms with Crippen LogP contribution < -0.4 is 10.6 Å². The molecule has 1 saturated carbocycles. The van der Waals surface area contributed by atoms with E-state index in [2.05, 4.69) is 29.5 Å². The molecule has 154 valence electrons. The SMILES string of the molecule is CCC(CO)CC(C)Nc1nc(NC2CC2)nc(C)c1-c1nc2cnccc2s1. The average molecular weight is 413 g/mol. The smallest absolute Gasteiger partial charge is 0.225 e. The maximum Gasteiger partial charge on any atom is 0.225 e. The summed E-state index contributed by atoms with van der Waals surface area (Å²) in [5.74, 6) is 1.75. The second kappa shape index (κ2) is 8.59. The van der Waals surface area contributed by atoms with Crippen LogP contribution in [0.1, 0.15) is 45.2 Å². The number of nitrogens with one attached hydrogen (secondary N) is 2. The second-order valence-corrected chi connectivity index (χ2v) is 8.91. The van der Waals surface area contributed by atoms with Gasteiger partial charge < -0.3 is 15.7 Å². The fraction of sp³-hybridized carbons (Fsp3) is 0.524. The fourth-order valence-electron chi connectivity index (χ4n) is 3.46. The molecule has 2 atom stereocenters. The first-order valence-corrected chi connectivity index (χ1v) is 11.1. The van der Waals surface area contributed by atoms with Gasteiger partial charge in [-0.25, -0.2) is 9.97 Å². The standard InChI is InChI=1S/C21H28N6OS/c1-4-14(11-28)9-12(2)23-19-18(13(3)24-21(27-19)25-15-5-6-15)20-26-16-10-22-8-7-17(16)29-20/h7-8,10,12,14-15,28H,4-6,9,11H2,1-3H3,(H2,23,24,25,27). The summed E-state index contributed by atoms with van der Waals surface area (Å²) in [6, 6.07) is 2.64. The maximum absolute atomic E-state index is 9.57. The number of thiazole rings is 1. The van der Waals surface area contributed by atoms with E-state index in [9.17, 15) is 5.11 Å². The fourth-order valence-corrected chi connectivity index (χ4v) is 4.49. The summed E-state index contributed by atoms with van der Waals surface area (Å²) >= 11 is 1.63. The minimum atomic E-state index is 0.171. The van der Waals surface area contributed by atoms with Gasteiger partial charge in [0.1, 0.15) is 16.3 Å². The third-order valence-electron chi connectivity index (χ3n) is 5.31. The molecule has 4 rings (SSSR count). The van der Waals surface area contributed by atoms with Crippen molar-refractivity contribution in [3.05, 3.63) is 24.2 Å². The molecule has 0 aliphatic heterocycles. The van der Waals surface area contributed by atoms with Crippen molar-refractivity contribution in [2.75, 3.05) is 17.2 Å². The van der Waals surface area contributed by atoms with E-state index in [1.807, 2.05) is 13.0 Å². The summed E-state index contributed by atoms with van der Waals surface area (Å²) in [4.78, 5) is 18.5. The predicted octanol–water partition coefficient (Wildman–Crippen LogP) is 4.24. The number of fused-ring (bicyclic) bond motifs is 1. The van der Waals surface area contributed by atoms with Crippen molar-refractivity contribution < 1.29 is 5.11 Å². The van der Waals surface area contributed by atoms with Crippen LogP contribution in [0.25, 0.3) is 20.8 Å². The minimum Gasteiger partial charge on any atom is -0.396 e. The summed E-state index contributed by atoms with van der Waals surface area (Å²) in [6.07, 6.45) is 7.75. The van der Waals surface area contributed by atoms with Crippen molar-refractivity contribution in [2.24, 2.45) is 5.92 Å². The minimum absolute atomic E-state index is 0.171. The highest BCUT2D eigenvalue weighted by Gasteiger charge is 2.24. The van der Waals surface area contributed by atoms with E-state index in [1.165, 1.54) is 12.8 Å². The normalized spacial score (nSPS) is 16.0. The highest BCUT2D eigenvalue weighted by molar-refractivity contribution is 7.21. The Morgan fingerprint density at radius 3 is 2.79 bits per heavy atom. The maximum atomic E-state index is 9.57. The van der Waals surface area contributed by atoms with Crippen LogP contribution in [0.4, 0.5) is 11.8 Å². The first-order chi connectivity index (χ1) is 14.1. The molecule has 8 heteroatoms. The molecular weight excluding hydrogens is 384 g/mol. The van der Waals surface area contributed by atoms with Gasteiger partial charge in [-0.2, -0.15) is 4.98 Å². The molecule has 3 heterocycles. The molecule has 0 aromatic carbocycles. The van der Waals surface area contributed by atoms with Crippen molar-refractivity contribution in [1.29, 1.82) is 0 Å². The molecule has 2 unspecified atom stereocenters. The number of anilines is 2. The van der Waals surface area contributed by atoms with Crippen LogP contribution in [0.2, 0.25) is 0 Å². The zero-order valence-corrected chi connectivity index (χ0v) is 18.0. The zero-order chi connectivity index (χ0) is 20.4. The quantitative estimate of drug-likeness (QED) is 0.484. The van der Waals surface area contributed by atoms with E-state index in [1.54, 1.807) is 23.7 Å². The van der Waals surface area contributed by atoms with Gasteiger partial charge in [-0.05, 0) is 45.1 Å². The molecule has 0 radical (unpaired) electrons. The predicted molar refractivity (Wildman–Crippen MR) is 118 cm³/mol. The lowest BCUT2D eigenvalue weighted by Gasteiger charge is -2.21. The molecule has 1 aliphatic carbocycles. The van der Waals surface area contributed by atoms with Crippen molar-refractivity contribution in [1.82, 2.24) is 19.9 Å². The molecule has 0 amide bonds. The number of nitrogens with zero attached hydrogens (tertiary/aromatic N) is 4. The number of hydrogen-bond acceptors (Lipinski definition) is 8. The van der Waals surface area contributed by atoms with E-state index in [-0.39, 0.29) is 18.6 Å². The van der Waals surface area contributed by atoms with Crippen LogP contribution in [0.3, 0.4) is 0 Å². The first-order valence-electron chi connectivity index (χ1n) is 10.3. The zero-order valence-electron chi connectivity index (χ0n) is 17.1. The Bertz CT molecular complexity index is 949. The number of pyridine rings is 1. The van der Waals surface area contributed by atoms with Crippen molar-refractivity contribution in [3.63, 3.8) is 0 Å². The molecular formula is C21H28N6OS. The number of rotatable bonds is 9. The van der Waals surface area contributed by atoms with Gasteiger partial charge in [0.15, 0.2) is 0 Å². The molecule has 3 aromatic heterocycles. The third-order valence-corrected chi connectivity index (χ3v) is 6.36. The molecule has 3 N–H and O–H groups in total. The Labute approximate surface area is 175 Å². The molecule has 0 spiro atoms. The first kappa shape index (κ1) is 20.0. The van der Waals surface area contributed by atoms with Crippen LogP contribution in [0, 0.1) is 12.8 Å². The molecule has 29 heavy (non-hydrogen) atoms. The van der Waals surface area contributed by atoms with Gasteiger partial charge in [-0.3, -0.25) is 4.98 Å². The van der Waals surface area contributed by atoms with Crippen LogP contribution in [-0.2, 0) is 0 Å². The van der Waals surface area contributed by atoms with Gasteiger partial charge in [0.05, 0.1) is 22.2 Å². The topological polar surface area (TPSA) is 95.8 Å². The summed E-state index contributed by atoms with van der Waals surface area (Å²) in [7, 11) is 0. The van der Waals surface area contributed by atoms with Crippen LogP contribution in [0.5, 0.6) is 0 Å². The van der Waals surface area contributed by atoms with Crippen molar-refractivity contribution in [2.45, 2.75) is 58.5 Å². The average Bonchev–Trinajstić information content (AvgIpc) is 3.40. The summed E-state index contributed by atoms with van der Waals surface area (Å²) in [5, 5.41) is 17.5. The summed E-state index contributed by atoms with van der Waals surface area (Å²) in [6.45, 7) is 6.46. The molecule has 1 fully saturated rings. The van der Waals surface area contributed by atoms with Crippen LogP contribution in [0.15, 0.2) is 18.5 Å². The number of aliphatic hydroxyl groups is 1. The largest absolute Gasteiger partial charge is 0.396 e. The molecule has 0 saturated heterocycles. The van der Waals surface area contributed by atoms with Gasteiger partial charge >= 0.3 is 0 Å². The highest BCUT2D eigenvalue weighted by atomic mass is 32.1. The van der Waals surface area contributed by atoms with Crippen LogP contribution in [-0.4, -0.2) is 43.7 Å². The van der Waals surface area contributed by atoms with Gasteiger partial charge in [0.25, 0.3) is 0 Å². The van der Waals surface area contributed by atoms with E-state index >= 15 is 0 Å². The van der Waals surface area contributed by atoms with Gasteiger partial charge in [-0.1, -0.05) is 13.3 Å². The second-order valence-electron chi connectivity index (χ2n) is 7.88. The Morgan fingerprint density at radius 1 is 1.28 bits per heavy atom. The lowest BCUT2D eigenvalue weighted by atomic mass is 9.99. The Morgan fingerprint density at radius 2 is 2.10 bits per heavy atom. The number of hydrogen-bond donors (Lipinski definition) is 3. The van der Waals surface area contributed by atoms with E-state index in [4.69, 9.17) is 15.0 Å². The Hall–Kier alpha value is -2.32. The highest BCUT2D eigenvalue weighted by Crippen LogP contribution is 2.37. The van der Waals surface area contributed by atoms with E-state index < -0.39 is 0 Å². The summed E-state index contributed by atoms with van der Waals surface area (Å²) < 4.78 is 1.10. The van der Waals surface area contributed by atoms with Crippen molar-refractivity contribution in [3.8, 4) is 10.6 Å². The Kier molecular flexibility index (Phi) is 5.91. The number of aromatic nitrogens is 4. The van der Waals surface area contributed by atoms with Gasteiger partial charge in [0.2, 0.25) is 5.95 Å². The van der Waals surface area contributed by atoms with Crippen LogP contribution >= 0.6 is 11.3 Å². The third kappa shape index (κ3) is 4.64. The monoisotopic (exact) mass is 412 g/mol. The lowest BCUT2D eigenvalue weighted by Crippen LogP contribution is -2.23. The molecule has 3 aromatic rings. The van der Waals surface area contributed by atoms with Gasteiger partial charge in [0, 0.05) is 24.9 Å². The molecule has 0 bridgehead atoms. The number of aliphatic hydroxyl groups excluding tert-OH is 1. The lowest BCUT2D eigenvalue weighted by molar-refractivity contribution is 0.211.